The number of carbonyl (C=O) groups excluding carboxylic acids is 1. The molecule has 1 aromatic heterocycles. The van der Waals surface area contributed by atoms with Crippen molar-refractivity contribution in [3.8, 4) is 17.2 Å². The molecule has 4 aromatic rings. The molecule has 152 valence electrons. The zero-order valence-electron chi connectivity index (χ0n) is 16.5. The monoisotopic (exact) mass is 420 g/mol. The first-order valence-electron chi connectivity index (χ1n) is 9.83. The minimum absolute atomic E-state index is 0.194. The Labute approximate surface area is 179 Å². The van der Waals surface area contributed by atoms with Crippen molar-refractivity contribution in [3.63, 3.8) is 0 Å². The third kappa shape index (κ3) is 4.63. The Morgan fingerprint density at radius 2 is 1.93 bits per heavy atom. The number of anilines is 1. The van der Waals surface area contributed by atoms with Gasteiger partial charge in [0.25, 0.3) is 5.91 Å². The summed E-state index contributed by atoms with van der Waals surface area (Å²) in [7, 11) is 0. The third-order valence-electron chi connectivity index (χ3n) is 4.60. The number of carbonyl (C=O) groups is 1. The van der Waals surface area contributed by atoms with Crippen molar-refractivity contribution in [3.05, 3.63) is 77.3 Å². The summed E-state index contributed by atoms with van der Waals surface area (Å²) in [6.45, 7) is 2.75. The van der Waals surface area contributed by atoms with E-state index in [2.05, 4.69) is 17.2 Å². The van der Waals surface area contributed by atoms with E-state index in [1.807, 2.05) is 36.4 Å². The van der Waals surface area contributed by atoms with E-state index in [1.165, 1.54) is 0 Å². The van der Waals surface area contributed by atoms with Gasteiger partial charge in [-0.05, 0) is 67.1 Å². The number of hydrogen-bond donors (Lipinski definition) is 1. The Hall–Kier alpha value is -3.31. The quantitative estimate of drug-likeness (QED) is 0.343. The lowest BCUT2D eigenvalue weighted by Gasteiger charge is -2.09. The summed E-state index contributed by atoms with van der Waals surface area (Å²) in [6, 6.07) is 19.9. The third-order valence-corrected chi connectivity index (χ3v) is 4.84. The molecule has 30 heavy (non-hydrogen) atoms. The van der Waals surface area contributed by atoms with Gasteiger partial charge in [0.15, 0.2) is 5.58 Å². The molecule has 0 radical (unpaired) electrons. The maximum atomic E-state index is 12.6. The second-order valence-electron chi connectivity index (χ2n) is 6.89. The Bertz CT molecular complexity index is 1170. The van der Waals surface area contributed by atoms with Crippen LogP contribution in [0.25, 0.3) is 22.6 Å². The number of oxazole rings is 1. The highest BCUT2D eigenvalue weighted by atomic mass is 35.5. The summed E-state index contributed by atoms with van der Waals surface area (Å²) in [5.41, 5.74) is 3.42. The molecule has 0 unspecified atom stereocenters. The lowest BCUT2D eigenvalue weighted by molar-refractivity contribution is 0.102. The fraction of sp³-hybridized carbons (Fsp3) is 0.167. The highest BCUT2D eigenvalue weighted by Crippen LogP contribution is 2.27. The number of nitrogens with zero attached hydrogens (tertiary/aromatic N) is 1. The van der Waals surface area contributed by atoms with Crippen molar-refractivity contribution in [2.45, 2.75) is 19.8 Å². The van der Waals surface area contributed by atoms with Crippen molar-refractivity contribution >= 4 is 34.3 Å². The summed E-state index contributed by atoms with van der Waals surface area (Å²) in [5, 5.41) is 3.51. The van der Waals surface area contributed by atoms with Crippen LogP contribution in [0.5, 0.6) is 5.75 Å². The van der Waals surface area contributed by atoms with Crippen LogP contribution in [-0.2, 0) is 0 Å². The molecule has 0 saturated carbocycles. The van der Waals surface area contributed by atoms with Crippen LogP contribution in [0.4, 0.5) is 5.69 Å². The van der Waals surface area contributed by atoms with Crippen molar-refractivity contribution in [2.75, 3.05) is 11.9 Å². The first-order chi connectivity index (χ1) is 14.6. The normalized spacial score (nSPS) is 10.9. The number of amides is 1. The van der Waals surface area contributed by atoms with E-state index in [-0.39, 0.29) is 5.91 Å². The Kier molecular flexibility index (Phi) is 6.00. The van der Waals surface area contributed by atoms with Crippen LogP contribution < -0.4 is 10.1 Å². The van der Waals surface area contributed by atoms with Crippen LogP contribution in [0.3, 0.4) is 0 Å². The molecule has 1 amide bonds. The number of rotatable bonds is 7. The molecule has 0 bridgehead atoms. The van der Waals surface area contributed by atoms with Gasteiger partial charge in [0, 0.05) is 21.8 Å². The minimum atomic E-state index is -0.194. The number of benzene rings is 3. The van der Waals surface area contributed by atoms with E-state index < -0.39 is 0 Å². The smallest absolute Gasteiger partial charge is 0.255 e. The summed E-state index contributed by atoms with van der Waals surface area (Å²) in [6.07, 6.45) is 2.05. The Morgan fingerprint density at radius 3 is 2.73 bits per heavy atom. The van der Waals surface area contributed by atoms with Crippen molar-refractivity contribution in [1.29, 1.82) is 0 Å². The fourth-order valence-electron chi connectivity index (χ4n) is 2.98. The number of fused-ring (bicyclic) bond motifs is 1. The van der Waals surface area contributed by atoms with E-state index >= 15 is 0 Å². The van der Waals surface area contributed by atoms with E-state index in [0.29, 0.717) is 45.6 Å². The average Bonchev–Trinajstić information content (AvgIpc) is 3.18. The van der Waals surface area contributed by atoms with Gasteiger partial charge in [-0.1, -0.05) is 31.0 Å². The van der Waals surface area contributed by atoms with Gasteiger partial charge in [-0.25, -0.2) is 4.98 Å². The van der Waals surface area contributed by atoms with Crippen molar-refractivity contribution in [2.24, 2.45) is 0 Å². The molecule has 0 fully saturated rings. The van der Waals surface area contributed by atoms with Gasteiger partial charge >= 0.3 is 0 Å². The van der Waals surface area contributed by atoms with Gasteiger partial charge in [-0.2, -0.15) is 0 Å². The second kappa shape index (κ2) is 9.01. The van der Waals surface area contributed by atoms with Gasteiger partial charge < -0.3 is 14.5 Å². The number of hydrogen-bond acceptors (Lipinski definition) is 4. The van der Waals surface area contributed by atoms with Gasteiger partial charge in [0.2, 0.25) is 5.89 Å². The lowest BCUT2D eigenvalue weighted by atomic mass is 10.1. The highest BCUT2D eigenvalue weighted by Gasteiger charge is 2.11. The summed E-state index contributed by atoms with van der Waals surface area (Å²) in [5.74, 6) is 1.00. The molecule has 5 nitrogen and oxygen atoms in total. The number of aromatic nitrogens is 1. The predicted octanol–water partition coefficient (Wildman–Crippen LogP) is 6.58. The molecule has 4 rings (SSSR count). The van der Waals surface area contributed by atoms with Gasteiger partial charge in [-0.15, -0.1) is 0 Å². The average molecular weight is 421 g/mol. The first-order valence-corrected chi connectivity index (χ1v) is 10.2. The Balaban J connectivity index is 1.45. The maximum Gasteiger partial charge on any atom is 0.255 e. The number of nitrogens with one attached hydrogen (secondary N) is 1. The number of halogens is 1. The van der Waals surface area contributed by atoms with Gasteiger partial charge in [0.05, 0.1) is 6.61 Å². The fourth-order valence-corrected chi connectivity index (χ4v) is 3.15. The number of unbranched alkanes of at least 4 members (excludes halogenated alkanes) is 1. The molecule has 0 saturated heterocycles. The van der Waals surface area contributed by atoms with Crippen molar-refractivity contribution in [1.82, 2.24) is 4.98 Å². The van der Waals surface area contributed by atoms with Crippen LogP contribution in [0, 0.1) is 0 Å². The zero-order valence-corrected chi connectivity index (χ0v) is 17.3. The van der Waals surface area contributed by atoms with Crippen LogP contribution >= 0.6 is 11.6 Å². The number of ether oxygens (including phenoxy) is 1. The second-order valence-corrected chi connectivity index (χ2v) is 7.33. The van der Waals surface area contributed by atoms with E-state index in [9.17, 15) is 4.79 Å². The summed E-state index contributed by atoms with van der Waals surface area (Å²) >= 11 is 6.01. The molecule has 6 heteroatoms. The SMILES string of the molecule is CCCCOc1cccc(C(=O)Nc2ccc(-c3nc4cc(Cl)ccc4o3)cc2)c1. The van der Waals surface area contributed by atoms with Crippen LogP contribution in [0.2, 0.25) is 5.02 Å². The largest absolute Gasteiger partial charge is 0.494 e. The minimum Gasteiger partial charge on any atom is -0.494 e. The standard InChI is InChI=1S/C24H21ClN2O3/c1-2-3-13-29-20-6-4-5-17(14-20)23(28)26-19-10-7-16(8-11-19)24-27-21-15-18(25)9-12-22(21)30-24/h4-12,14-15H,2-3,13H2,1H3,(H,26,28). The molecule has 1 N–H and O–H groups in total. The molecule has 0 atom stereocenters. The molecule has 0 spiro atoms. The molecule has 1 heterocycles. The molecule has 3 aromatic carbocycles. The van der Waals surface area contributed by atoms with Crippen LogP contribution in [0.15, 0.2) is 71.1 Å². The topological polar surface area (TPSA) is 64.4 Å². The molecular weight excluding hydrogens is 400 g/mol. The van der Waals surface area contributed by atoms with Gasteiger partial charge in [-0.3, -0.25) is 4.79 Å². The van der Waals surface area contributed by atoms with E-state index in [4.69, 9.17) is 20.8 Å². The van der Waals surface area contributed by atoms with E-state index in [1.54, 1.807) is 30.3 Å². The Morgan fingerprint density at radius 1 is 1.10 bits per heavy atom. The maximum absolute atomic E-state index is 12.6. The molecule has 0 aliphatic heterocycles. The van der Waals surface area contributed by atoms with Crippen molar-refractivity contribution < 1.29 is 13.9 Å². The lowest BCUT2D eigenvalue weighted by Crippen LogP contribution is -2.12. The molecule has 0 aliphatic rings. The predicted molar refractivity (Wildman–Crippen MR) is 119 cm³/mol. The first kappa shape index (κ1) is 20.0. The van der Waals surface area contributed by atoms with E-state index in [0.717, 1.165) is 18.4 Å². The van der Waals surface area contributed by atoms with Crippen LogP contribution in [0.1, 0.15) is 30.1 Å². The van der Waals surface area contributed by atoms with Gasteiger partial charge in [0.1, 0.15) is 11.3 Å². The molecule has 0 aliphatic carbocycles. The summed E-state index contributed by atoms with van der Waals surface area (Å²) < 4.78 is 11.5. The van der Waals surface area contributed by atoms with Crippen LogP contribution in [-0.4, -0.2) is 17.5 Å². The zero-order chi connectivity index (χ0) is 20.9. The highest BCUT2D eigenvalue weighted by molar-refractivity contribution is 6.31. The summed E-state index contributed by atoms with van der Waals surface area (Å²) in [4.78, 5) is 17.1. The molecular formula is C24H21ClN2O3.